The van der Waals surface area contributed by atoms with Crippen molar-refractivity contribution in [2.75, 3.05) is 4.90 Å². The summed E-state index contributed by atoms with van der Waals surface area (Å²) in [7, 11) is 0. The molecule has 2 heterocycles. The molecule has 2 nitrogen and oxygen atoms in total. The molecule has 0 saturated heterocycles. The highest BCUT2D eigenvalue weighted by Gasteiger charge is 2.44. The molecule has 0 amide bonds. The van der Waals surface area contributed by atoms with Crippen LogP contribution >= 0.6 is 0 Å². The summed E-state index contributed by atoms with van der Waals surface area (Å²) >= 11 is 0. The van der Waals surface area contributed by atoms with E-state index in [0.29, 0.717) is 0 Å². The average Bonchev–Trinajstić information content (AvgIpc) is 3.10. The number of hydrogen-bond acceptors (Lipinski definition) is 2. The molecule has 2 aromatic rings. The summed E-state index contributed by atoms with van der Waals surface area (Å²) in [5.41, 5.74) is 10.6. The lowest BCUT2D eigenvalue weighted by molar-refractivity contribution is 0.442. The Morgan fingerprint density at radius 1 is 1.04 bits per heavy atom. The first kappa shape index (κ1) is 15.1. The number of anilines is 1. The maximum atomic E-state index is 6.18. The minimum absolute atomic E-state index is 0.187. The van der Waals surface area contributed by atoms with Crippen LogP contribution in [0.15, 0.2) is 101 Å². The molecule has 0 N–H and O–H groups in total. The zero-order chi connectivity index (χ0) is 17.7. The largest absolute Gasteiger partial charge is 0.450 e. The molecule has 2 aromatic carbocycles. The van der Waals surface area contributed by atoms with Gasteiger partial charge in [0.15, 0.2) is 5.76 Å². The van der Waals surface area contributed by atoms with Gasteiger partial charge in [-0.15, -0.1) is 0 Å². The van der Waals surface area contributed by atoms with E-state index < -0.39 is 0 Å². The maximum Gasteiger partial charge on any atom is 0.257 e. The third-order valence-electron chi connectivity index (χ3n) is 5.21. The van der Waals surface area contributed by atoms with Gasteiger partial charge in [-0.25, -0.2) is 0 Å². The van der Waals surface area contributed by atoms with E-state index >= 15 is 0 Å². The second kappa shape index (κ2) is 5.69. The summed E-state index contributed by atoms with van der Waals surface area (Å²) < 4.78 is 6.18. The van der Waals surface area contributed by atoms with Crippen LogP contribution in [0.5, 0.6) is 5.75 Å². The van der Waals surface area contributed by atoms with E-state index in [1.165, 1.54) is 22.1 Å². The fourth-order valence-corrected chi connectivity index (χ4v) is 4.17. The highest BCUT2D eigenvalue weighted by Crippen LogP contribution is 2.40. The van der Waals surface area contributed by atoms with Gasteiger partial charge in [0.05, 0.1) is 5.70 Å². The minimum atomic E-state index is 0.187. The number of allylic oxidation sites excluding steroid dienone is 4. The van der Waals surface area contributed by atoms with Crippen molar-refractivity contribution in [2.45, 2.75) is 13.8 Å². The minimum Gasteiger partial charge on any atom is -0.450 e. The third kappa shape index (κ3) is 1.95. The number of benzene rings is 2. The lowest BCUT2D eigenvalue weighted by Crippen LogP contribution is -2.53. The summed E-state index contributed by atoms with van der Waals surface area (Å²) in [6.45, 7) is 4.32. The number of hydrogen-bond donors (Lipinski definition) is 0. The predicted octanol–water partition coefficient (Wildman–Crippen LogP) is 3.83. The number of para-hydroxylation sites is 2. The predicted molar refractivity (Wildman–Crippen MR) is 108 cm³/mol. The maximum absolute atomic E-state index is 6.18. The van der Waals surface area contributed by atoms with Crippen molar-refractivity contribution in [3.8, 4) is 5.75 Å². The van der Waals surface area contributed by atoms with Crippen LogP contribution in [0.4, 0.5) is 5.69 Å². The van der Waals surface area contributed by atoms with E-state index in [-0.39, 0.29) is 6.71 Å². The first-order valence-corrected chi connectivity index (χ1v) is 8.99. The van der Waals surface area contributed by atoms with Gasteiger partial charge < -0.3 is 9.64 Å². The van der Waals surface area contributed by atoms with Crippen molar-refractivity contribution >= 4 is 23.3 Å². The fraction of sp³-hybridized carbons (Fsp3) is 0.0870. The van der Waals surface area contributed by atoms with Gasteiger partial charge in [-0.3, -0.25) is 0 Å². The number of ether oxygens (including phenoxy) is 1. The van der Waals surface area contributed by atoms with Gasteiger partial charge >= 0.3 is 0 Å². The summed E-state index contributed by atoms with van der Waals surface area (Å²) in [5.74, 6) is 1.78. The van der Waals surface area contributed by atoms with Crippen LogP contribution in [0.2, 0.25) is 0 Å². The van der Waals surface area contributed by atoms with Crippen LogP contribution in [0.25, 0.3) is 0 Å². The number of rotatable bonds is 2. The molecular weight excluding hydrogens is 317 g/mol. The van der Waals surface area contributed by atoms with Crippen LogP contribution in [-0.2, 0) is 0 Å². The Morgan fingerprint density at radius 3 is 2.62 bits per heavy atom. The van der Waals surface area contributed by atoms with Crippen molar-refractivity contribution in [2.24, 2.45) is 0 Å². The van der Waals surface area contributed by atoms with E-state index in [1.807, 2.05) is 19.1 Å². The van der Waals surface area contributed by atoms with Gasteiger partial charge in [0, 0.05) is 22.9 Å². The van der Waals surface area contributed by atoms with Gasteiger partial charge in [-0.1, -0.05) is 54.3 Å². The molecule has 3 aliphatic rings. The van der Waals surface area contributed by atoms with Crippen molar-refractivity contribution in [1.82, 2.24) is 0 Å². The van der Waals surface area contributed by atoms with Gasteiger partial charge in [0.1, 0.15) is 5.75 Å². The molecule has 26 heavy (non-hydrogen) atoms. The lowest BCUT2D eigenvalue weighted by Gasteiger charge is -2.39. The van der Waals surface area contributed by atoms with Crippen molar-refractivity contribution < 1.29 is 4.74 Å². The Kier molecular flexibility index (Phi) is 3.31. The summed E-state index contributed by atoms with van der Waals surface area (Å²) in [6.07, 6.45) is 8.43. The Bertz CT molecular complexity index is 1080. The first-order chi connectivity index (χ1) is 12.8. The second-order valence-corrected chi connectivity index (χ2v) is 6.60. The van der Waals surface area contributed by atoms with Gasteiger partial charge in [-0.05, 0) is 43.0 Å². The molecule has 0 unspecified atom stereocenters. The van der Waals surface area contributed by atoms with Crippen LogP contribution in [0.3, 0.4) is 0 Å². The molecule has 3 heteroatoms. The molecule has 5 rings (SSSR count). The highest BCUT2D eigenvalue weighted by atomic mass is 16.5. The van der Waals surface area contributed by atoms with Gasteiger partial charge in [0.25, 0.3) is 6.71 Å². The third-order valence-corrected chi connectivity index (χ3v) is 5.21. The first-order valence-electron chi connectivity index (χ1n) is 8.99. The highest BCUT2D eigenvalue weighted by molar-refractivity contribution is 6.94. The summed E-state index contributed by atoms with van der Waals surface area (Å²) in [4.78, 5) is 2.32. The Hall–Kier alpha value is -3.16. The Labute approximate surface area is 154 Å². The Morgan fingerprint density at radius 2 is 1.81 bits per heavy atom. The van der Waals surface area contributed by atoms with Crippen LogP contribution < -0.4 is 20.6 Å². The van der Waals surface area contributed by atoms with Crippen LogP contribution in [-0.4, -0.2) is 6.71 Å². The SMILES string of the molecule is C/C=C\C(=C/C)N1C2=C3B(c4ccccc4OC3=C=C2)c2ccccc21. The molecule has 0 fully saturated rings. The smallest absolute Gasteiger partial charge is 0.257 e. The molecule has 124 valence electrons. The molecule has 0 radical (unpaired) electrons. The topological polar surface area (TPSA) is 12.5 Å². The van der Waals surface area contributed by atoms with Crippen LogP contribution in [0, 0.1) is 0 Å². The van der Waals surface area contributed by atoms with Crippen molar-refractivity contribution in [3.05, 3.63) is 101 Å². The zero-order valence-electron chi connectivity index (χ0n) is 14.9. The fourth-order valence-electron chi connectivity index (χ4n) is 4.17. The normalized spacial score (nSPS) is 17.2. The van der Waals surface area contributed by atoms with E-state index in [4.69, 9.17) is 4.74 Å². The molecule has 2 aliphatic heterocycles. The second-order valence-electron chi connectivity index (χ2n) is 6.60. The molecule has 0 saturated carbocycles. The number of nitrogens with zero attached hydrogens (tertiary/aromatic N) is 1. The molecule has 0 atom stereocenters. The van der Waals surface area contributed by atoms with E-state index in [9.17, 15) is 0 Å². The summed E-state index contributed by atoms with van der Waals surface area (Å²) in [6, 6.07) is 17.0. The lowest BCUT2D eigenvalue weighted by atomic mass is 9.33. The number of fused-ring (bicyclic) bond motifs is 4. The van der Waals surface area contributed by atoms with Crippen LogP contribution in [0.1, 0.15) is 13.8 Å². The van der Waals surface area contributed by atoms with E-state index in [0.717, 1.165) is 22.9 Å². The average molecular weight is 335 g/mol. The van der Waals surface area contributed by atoms with Crippen molar-refractivity contribution in [1.29, 1.82) is 0 Å². The zero-order valence-corrected chi connectivity index (χ0v) is 14.9. The molecule has 0 spiro atoms. The Balaban J connectivity index is 1.82. The van der Waals surface area contributed by atoms with Gasteiger partial charge in [0.2, 0.25) is 0 Å². The molecule has 0 bridgehead atoms. The van der Waals surface area contributed by atoms with Gasteiger partial charge in [-0.2, -0.15) is 0 Å². The van der Waals surface area contributed by atoms with E-state index in [1.54, 1.807) is 0 Å². The van der Waals surface area contributed by atoms with E-state index in [2.05, 4.69) is 78.3 Å². The standard InChI is InChI=1S/C23H18BNO/c1-3-9-16(4-2)25-19-12-7-5-10-17(19)24-18-11-6-8-13-21(18)26-22-15-14-20(25)23(22)24/h3-14H,1-2H3/b9-3-,16-4+. The molecule has 0 aromatic heterocycles. The van der Waals surface area contributed by atoms with Crippen molar-refractivity contribution in [3.63, 3.8) is 0 Å². The quantitative estimate of drug-likeness (QED) is 0.470. The summed E-state index contributed by atoms with van der Waals surface area (Å²) in [5, 5.41) is 0. The molecular formula is C23H18BNO. The molecule has 1 aliphatic carbocycles. The monoisotopic (exact) mass is 335 g/mol.